The van der Waals surface area contributed by atoms with Crippen molar-refractivity contribution >= 4 is 22.7 Å². The number of aryl methyl sites for hydroxylation is 1. The fourth-order valence-corrected chi connectivity index (χ4v) is 3.43. The molecular formula is C22H18N6O2. The van der Waals surface area contributed by atoms with Gasteiger partial charge in [-0.25, -0.2) is 14.8 Å². The molecule has 2 aromatic carbocycles. The van der Waals surface area contributed by atoms with Crippen LogP contribution in [0.1, 0.15) is 40.1 Å². The Balaban J connectivity index is 1.85. The molecule has 2 heterocycles. The summed E-state index contributed by atoms with van der Waals surface area (Å²) in [5.74, 6) is -1.000. The molecule has 1 atom stereocenters. The molecule has 0 bridgehead atoms. The van der Waals surface area contributed by atoms with Gasteiger partial charge in [0.15, 0.2) is 5.69 Å². The highest BCUT2D eigenvalue weighted by Crippen LogP contribution is 2.30. The fraction of sp³-hybridized carbons (Fsp3) is 0.136. The molecule has 0 spiro atoms. The van der Waals surface area contributed by atoms with Crippen molar-refractivity contribution < 1.29 is 9.90 Å². The topological polar surface area (TPSA) is 128 Å². The van der Waals surface area contributed by atoms with Crippen LogP contribution in [0, 0.1) is 18.3 Å². The molecule has 2 aromatic heterocycles. The van der Waals surface area contributed by atoms with Crippen LogP contribution >= 0.6 is 0 Å². The minimum absolute atomic E-state index is 0.193. The predicted molar refractivity (Wildman–Crippen MR) is 112 cm³/mol. The van der Waals surface area contributed by atoms with Crippen molar-refractivity contribution in [3.05, 3.63) is 71.2 Å². The van der Waals surface area contributed by atoms with Gasteiger partial charge in [0.25, 0.3) is 0 Å². The first-order valence-electron chi connectivity index (χ1n) is 9.28. The van der Waals surface area contributed by atoms with Gasteiger partial charge in [-0.15, -0.1) is 0 Å². The fourth-order valence-electron chi connectivity index (χ4n) is 3.43. The maximum absolute atomic E-state index is 11.6. The molecule has 0 amide bonds. The lowest BCUT2D eigenvalue weighted by Crippen LogP contribution is -2.12. The first-order valence-corrected chi connectivity index (χ1v) is 9.28. The quantitative estimate of drug-likeness (QED) is 0.462. The predicted octanol–water partition coefficient (Wildman–Crippen LogP) is 4.07. The minimum atomic E-state index is -1.000. The first-order chi connectivity index (χ1) is 14.5. The molecule has 0 aliphatic carbocycles. The number of H-pyrrole nitrogens is 1. The lowest BCUT2D eigenvalue weighted by molar-refractivity contribution is 0.0698. The molecular weight excluding hydrogens is 380 g/mol. The summed E-state index contributed by atoms with van der Waals surface area (Å²) >= 11 is 0. The first kappa shape index (κ1) is 19.1. The number of aromatic carboxylic acids is 1. The maximum Gasteiger partial charge on any atom is 0.337 e. The second-order valence-electron chi connectivity index (χ2n) is 6.96. The third kappa shape index (κ3) is 3.44. The number of hydrogen-bond donors (Lipinski definition) is 3. The SMILES string of the molecule is Cc1cc([C@@H](C)Nc2ccccc2C(=O)O)c2nc(-c3cn[nH]c3)c(C#N)nc2c1. The van der Waals surface area contributed by atoms with Crippen LogP contribution in [0.5, 0.6) is 0 Å². The third-order valence-corrected chi connectivity index (χ3v) is 4.82. The highest BCUT2D eigenvalue weighted by Gasteiger charge is 2.19. The molecule has 0 aliphatic rings. The van der Waals surface area contributed by atoms with Crippen LogP contribution in [0.2, 0.25) is 0 Å². The number of hydrogen-bond acceptors (Lipinski definition) is 6. The van der Waals surface area contributed by atoms with Crippen LogP contribution in [-0.4, -0.2) is 31.2 Å². The number of anilines is 1. The van der Waals surface area contributed by atoms with E-state index in [1.165, 1.54) is 0 Å². The maximum atomic E-state index is 11.6. The molecule has 148 valence electrons. The van der Waals surface area contributed by atoms with E-state index in [2.05, 4.69) is 26.6 Å². The number of para-hydroxylation sites is 1. The van der Waals surface area contributed by atoms with Crippen molar-refractivity contribution in [2.45, 2.75) is 19.9 Å². The average Bonchev–Trinajstić information content (AvgIpc) is 3.27. The van der Waals surface area contributed by atoms with Gasteiger partial charge in [-0.3, -0.25) is 5.10 Å². The van der Waals surface area contributed by atoms with Crippen molar-refractivity contribution in [1.29, 1.82) is 5.26 Å². The average molecular weight is 398 g/mol. The lowest BCUT2D eigenvalue weighted by atomic mass is 10.0. The Kier molecular flexibility index (Phi) is 4.86. The van der Waals surface area contributed by atoms with Crippen LogP contribution in [0.15, 0.2) is 48.8 Å². The van der Waals surface area contributed by atoms with Gasteiger partial charge in [0.1, 0.15) is 11.8 Å². The lowest BCUT2D eigenvalue weighted by Gasteiger charge is -2.19. The van der Waals surface area contributed by atoms with E-state index >= 15 is 0 Å². The second-order valence-corrected chi connectivity index (χ2v) is 6.96. The number of carbonyl (C=O) groups is 1. The van der Waals surface area contributed by atoms with Crippen LogP contribution in [-0.2, 0) is 0 Å². The summed E-state index contributed by atoms with van der Waals surface area (Å²) in [4.78, 5) is 20.8. The Bertz CT molecular complexity index is 1290. The second kappa shape index (κ2) is 7.64. The number of nitrogens with one attached hydrogen (secondary N) is 2. The van der Waals surface area contributed by atoms with Crippen molar-refractivity contribution in [2.24, 2.45) is 0 Å². The molecule has 8 heteroatoms. The van der Waals surface area contributed by atoms with E-state index in [9.17, 15) is 15.2 Å². The van der Waals surface area contributed by atoms with Crippen molar-refractivity contribution in [1.82, 2.24) is 20.2 Å². The van der Waals surface area contributed by atoms with Gasteiger partial charge in [-0.05, 0) is 37.6 Å². The molecule has 4 rings (SSSR count). The third-order valence-electron chi connectivity index (χ3n) is 4.82. The van der Waals surface area contributed by atoms with E-state index in [0.29, 0.717) is 28.0 Å². The zero-order valence-electron chi connectivity index (χ0n) is 16.3. The summed E-state index contributed by atoms with van der Waals surface area (Å²) < 4.78 is 0. The normalized spacial score (nSPS) is 11.8. The number of carboxylic acids is 1. The largest absolute Gasteiger partial charge is 0.478 e. The van der Waals surface area contributed by atoms with Crippen molar-refractivity contribution in [3.63, 3.8) is 0 Å². The molecule has 4 aromatic rings. The van der Waals surface area contributed by atoms with Gasteiger partial charge in [0, 0.05) is 23.0 Å². The molecule has 0 aliphatic heterocycles. The molecule has 3 N–H and O–H groups in total. The number of aromatic nitrogens is 4. The monoisotopic (exact) mass is 398 g/mol. The molecule has 0 saturated heterocycles. The number of fused-ring (bicyclic) bond motifs is 1. The number of carboxylic acid groups (broad SMARTS) is 1. The summed E-state index contributed by atoms with van der Waals surface area (Å²) in [6.45, 7) is 3.88. The Labute approximate surface area is 172 Å². The number of aromatic amines is 1. The number of rotatable bonds is 5. The zero-order valence-corrected chi connectivity index (χ0v) is 16.3. The van der Waals surface area contributed by atoms with Gasteiger partial charge < -0.3 is 10.4 Å². The number of nitriles is 1. The highest BCUT2D eigenvalue weighted by atomic mass is 16.4. The van der Waals surface area contributed by atoms with Gasteiger partial charge in [-0.1, -0.05) is 18.2 Å². The van der Waals surface area contributed by atoms with E-state index in [1.54, 1.807) is 36.7 Å². The van der Waals surface area contributed by atoms with E-state index in [-0.39, 0.29) is 17.3 Å². The van der Waals surface area contributed by atoms with E-state index in [4.69, 9.17) is 4.98 Å². The van der Waals surface area contributed by atoms with Crippen molar-refractivity contribution in [2.75, 3.05) is 5.32 Å². The smallest absolute Gasteiger partial charge is 0.337 e. The minimum Gasteiger partial charge on any atom is -0.478 e. The summed E-state index contributed by atoms with van der Waals surface area (Å²) in [6, 6.07) is 12.5. The summed E-state index contributed by atoms with van der Waals surface area (Å²) in [5.41, 5.74) is 5.11. The number of benzene rings is 2. The summed E-state index contributed by atoms with van der Waals surface area (Å²) in [5, 5.41) is 29.0. The molecule has 8 nitrogen and oxygen atoms in total. The highest BCUT2D eigenvalue weighted by molar-refractivity contribution is 5.94. The van der Waals surface area contributed by atoms with Crippen LogP contribution in [0.4, 0.5) is 5.69 Å². The molecule has 30 heavy (non-hydrogen) atoms. The van der Waals surface area contributed by atoms with E-state index < -0.39 is 5.97 Å². The Morgan fingerprint density at radius 2 is 2.07 bits per heavy atom. The molecule has 0 saturated carbocycles. The summed E-state index contributed by atoms with van der Waals surface area (Å²) in [6.07, 6.45) is 3.25. The summed E-state index contributed by atoms with van der Waals surface area (Å²) in [7, 11) is 0. The number of nitrogens with zero attached hydrogens (tertiary/aromatic N) is 4. The molecule has 0 fully saturated rings. The van der Waals surface area contributed by atoms with Crippen LogP contribution in [0.3, 0.4) is 0 Å². The van der Waals surface area contributed by atoms with Gasteiger partial charge >= 0.3 is 5.97 Å². The van der Waals surface area contributed by atoms with Gasteiger partial charge in [0.2, 0.25) is 0 Å². The molecule has 0 unspecified atom stereocenters. The Morgan fingerprint density at radius 3 is 2.77 bits per heavy atom. The Hall–Kier alpha value is -4.25. The van der Waals surface area contributed by atoms with Crippen LogP contribution < -0.4 is 5.32 Å². The molecule has 0 radical (unpaired) electrons. The van der Waals surface area contributed by atoms with E-state index in [1.807, 2.05) is 26.0 Å². The van der Waals surface area contributed by atoms with E-state index in [0.717, 1.165) is 11.1 Å². The van der Waals surface area contributed by atoms with Gasteiger partial charge in [0.05, 0.1) is 28.8 Å². The standard InChI is InChI=1S/C22H18N6O2/c1-12-7-16(13(2)26-17-6-4-3-5-15(17)22(29)30)21-18(8-12)27-19(9-23)20(28-21)14-10-24-25-11-14/h3-8,10-11,13,26H,1-2H3,(H,24,25)(H,29,30)/t13-/m1/s1. The Morgan fingerprint density at radius 1 is 1.27 bits per heavy atom. The van der Waals surface area contributed by atoms with Crippen LogP contribution in [0.25, 0.3) is 22.3 Å². The zero-order chi connectivity index (χ0) is 21.3. The van der Waals surface area contributed by atoms with Crippen molar-refractivity contribution in [3.8, 4) is 17.3 Å². The van der Waals surface area contributed by atoms with Gasteiger partial charge in [-0.2, -0.15) is 10.4 Å².